The summed E-state index contributed by atoms with van der Waals surface area (Å²) in [7, 11) is -3.40. The van der Waals surface area contributed by atoms with E-state index in [9.17, 15) is 12.8 Å². The molecule has 2 aliphatic heterocycles. The Morgan fingerprint density at radius 1 is 1.19 bits per heavy atom. The quantitative estimate of drug-likeness (QED) is 0.804. The Labute approximate surface area is 153 Å². The zero-order valence-corrected chi connectivity index (χ0v) is 15.3. The van der Waals surface area contributed by atoms with Gasteiger partial charge in [-0.05, 0) is 54.2 Å². The van der Waals surface area contributed by atoms with E-state index in [1.807, 2.05) is 24.3 Å². The molecule has 4 nitrogen and oxygen atoms in total. The van der Waals surface area contributed by atoms with E-state index in [0.29, 0.717) is 19.6 Å². The minimum atomic E-state index is -3.40. The third-order valence-electron chi connectivity index (χ3n) is 5.20. The van der Waals surface area contributed by atoms with Crippen molar-refractivity contribution in [1.29, 1.82) is 0 Å². The first kappa shape index (κ1) is 17.5. The maximum atomic E-state index is 13.5. The number of rotatable bonds is 5. The minimum absolute atomic E-state index is 0.0679. The Morgan fingerprint density at radius 2 is 2.08 bits per heavy atom. The molecule has 2 aromatic rings. The predicted octanol–water partition coefficient (Wildman–Crippen LogP) is 3.47. The molecule has 0 amide bonds. The summed E-state index contributed by atoms with van der Waals surface area (Å²) in [5, 5.41) is 0. The number of hydrogen-bond acceptors (Lipinski definition) is 3. The van der Waals surface area contributed by atoms with Gasteiger partial charge in [-0.3, -0.25) is 0 Å². The van der Waals surface area contributed by atoms with Gasteiger partial charge >= 0.3 is 0 Å². The Balaban J connectivity index is 1.49. The molecule has 0 radical (unpaired) electrons. The number of sulfonamides is 1. The van der Waals surface area contributed by atoms with Crippen LogP contribution in [-0.4, -0.2) is 31.6 Å². The zero-order valence-electron chi connectivity index (χ0n) is 14.5. The summed E-state index contributed by atoms with van der Waals surface area (Å²) in [6, 6.07) is 11.9. The lowest BCUT2D eigenvalue weighted by molar-refractivity contribution is 0.357. The van der Waals surface area contributed by atoms with Crippen LogP contribution >= 0.6 is 0 Å². The first-order chi connectivity index (χ1) is 12.5. The standard InChI is InChI=1S/C20H22FNO3S/c21-18-4-1-3-16(14-18)19-5-2-10-22(19)26(23,24)12-9-15-6-7-20-17(13-15)8-11-25-20/h1,3-4,6-7,13-14,19H,2,5,8-12H2/t19-/m0/s1. The molecular formula is C20H22FNO3S. The van der Waals surface area contributed by atoms with Crippen molar-refractivity contribution in [3.8, 4) is 5.75 Å². The van der Waals surface area contributed by atoms with Crippen molar-refractivity contribution < 1.29 is 17.5 Å². The second kappa shape index (κ2) is 7.00. The van der Waals surface area contributed by atoms with E-state index in [1.54, 1.807) is 10.4 Å². The van der Waals surface area contributed by atoms with Crippen molar-refractivity contribution in [1.82, 2.24) is 4.31 Å². The zero-order chi connectivity index (χ0) is 18.1. The molecule has 0 bridgehead atoms. The van der Waals surface area contributed by atoms with Gasteiger partial charge in [0.1, 0.15) is 11.6 Å². The lowest BCUT2D eigenvalue weighted by Gasteiger charge is -2.24. The molecule has 0 unspecified atom stereocenters. The predicted molar refractivity (Wildman–Crippen MR) is 98.2 cm³/mol. The highest BCUT2D eigenvalue weighted by atomic mass is 32.2. The molecule has 2 heterocycles. The molecule has 2 aliphatic rings. The van der Waals surface area contributed by atoms with Gasteiger partial charge in [-0.2, -0.15) is 4.31 Å². The van der Waals surface area contributed by atoms with Gasteiger partial charge < -0.3 is 4.74 Å². The van der Waals surface area contributed by atoms with E-state index in [4.69, 9.17) is 4.74 Å². The van der Waals surface area contributed by atoms with Crippen LogP contribution in [0.15, 0.2) is 42.5 Å². The second-order valence-corrected chi connectivity index (χ2v) is 8.97. The number of hydrogen-bond donors (Lipinski definition) is 0. The molecule has 0 spiro atoms. The van der Waals surface area contributed by atoms with Crippen molar-refractivity contribution >= 4 is 10.0 Å². The molecule has 2 aromatic carbocycles. The van der Waals surface area contributed by atoms with Gasteiger partial charge in [-0.1, -0.05) is 24.3 Å². The average Bonchev–Trinajstić information content (AvgIpc) is 3.29. The van der Waals surface area contributed by atoms with Crippen LogP contribution in [-0.2, 0) is 22.9 Å². The van der Waals surface area contributed by atoms with Crippen molar-refractivity contribution in [3.63, 3.8) is 0 Å². The number of benzene rings is 2. The fourth-order valence-electron chi connectivity index (χ4n) is 3.88. The SMILES string of the molecule is O=S(=O)(CCc1ccc2c(c1)CCO2)N1CCC[C@H]1c1cccc(F)c1. The molecule has 1 atom stereocenters. The molecule has 4 rings (SSSR count). The van der Waals surface area contributed by atoms with Crippen LogP contribution in [0.1, 0.15) is 35.6 Å². The summed E-state index contributed by atoms with van der Waals surface area (Å²) in [5.41, 5.74) is 2.90. The van der Waals surface area contributed by atoms with Crippen molar-refractivity contribution in [3.05, 3.63) is 65.0 Å². The largest absolute Gasteiger partial charge is 0.493 e. The Bertz CT molecular complexity index is 913. The van der Waals surface area contributed by atoms with E-state index in [1.165, 1.54) is 12.1 Å². The molecule has 26 heavy (non-hydrogen) atoms. The van der Waals surface area contributed by atoms with Crippen LogP contribution in [0.4, 0.5) is 4.39 Å². The first-order valence-corrected chi connectivity index (χ1v) is 10.6. The van der Waals surface area contributed by atoms with Crippen molar-refractivity contribution in [2.45, 2.75) is 31.7 Å². The lowest BCUT2D eigenvalue weighted by Crippen LogP contribution is -2.33. The highest BCUT2D eigenvalue weighted by Crippen LogP contribution is 2.35. The molecule has 6 heteroatoms. The van der Waals surface area contributed by atoms with E-state index in [2.05, 4.69) is 0 Å². The van der Waals surface area contributed by atoms with Gasteiger partial charge in [0.25, 0.3) is 0 Å². The van der Waals surface area contributed by atoms with Crippen LogP contribution in [0.25, 0.3) is 0 Å². The van der Waals surface area contributed by atoms with Gasteiger partial charge in [0.05, 0.1) is 12.4 Å². The molecule has 138 valence electrons. The summed E-state index contributed by atoms with van der Waals surface area (Å²) in [4.78, 5) is 0. The molecule has 0 aliphatic carbocycles. The molecule has 0 saturated carbocycles. The summed E-state index contributed by atoms with van der Waals surface area (Å²) < 4.78 is 46.4. The summed E-state index contributed by atoms with van der Waals surface area (Å²) in [6.07, 6.45) is 2.89. The van der Waals surface area contributed by atoms with Crippen molar-refractivity contribution in [2.75, 3.05) is 18.9 Å². The third kappa shape index (κ3) is 3.48. The van der Waals surface area contributed by atoms with E-state index >= 15 is 0 Å². The maximum absolute atomic E-state index is 13.5. The van der Waals surface area contributed by atoms with E-state index in [-0.39, 0.29) is 17.6 Å². The fourth-order valence-corrected chi connectivity index (χ4v) is 5.63. The highest BCUT2D eigenvalue weighted by Gasteiger charge is 2.35. The fraction of sp³-hybridized carbons (Fsp3) is 0.400. The van der Waals surface area contributed by atoms with Crippen LogP contribution in [0, 0.1) is 5.82 Å². The van der Waals surface area contributed by atoms with Gasteiger partial charge in [0, 0.05) is 19.0 Å². The Kier molecular flexibility index (Phi) is 4.71. The monoisotopic (exact) mass is 375 g/mol. The van der Waals surface area contributed by atoms with Crippen LogP contribution in [0.5, 0.6) is 5.75 Å². The number of nitrogens with zero attached hydrogens (tertiary/aromatic N) is 1. The van der Waals surface area contributed by atoms with Crippen LogP contribution < -0.4 is 4.74 Å². The van der Waals surface area contributed by atoms with Gasteiger partial charge in [0.15, 0.2) is 0 Å². The van der Waals surface area contributed by atoms with Crippen LogP contribution in [0.2, 0.25) is 0 Å². The summed E-state index contributed by atoms with van der Waals surface area (Å²) >= 11 is 0. The lowest BCUT2D eigenvalue weighted by atomic mass is 10.1. The average molecular weight is 375 g/mol. The summed E-state index contributed by atoms with van der Waals surface area (Å²) in [6.45, 7) is 1.20. The van der Waals surface area contributed by atoms with Gasteiger partial charge in [-0.25, -0.2) is 12.8 Å². The number of fused-ring (bicyclic) bond motifs is 1. The molecule has 0 N–H and O–H groups in total. The van der Waals surface area contributed by atoms with Crippen molar-refractivity contribution in [2.24, 2.45) is 0 Å². The maximum Gasteiger partial charge on any atom is 0.214 e. The Hall–Kier alpha value is -1.92. The van der Waals surface area contributed by atoms with Crippen LogP contribution in [0.3, 0.4) is 0 Å². The summed E-state index contributed by atoms with van der Waals surface area (Å²) in [5.74, 6) is 0.646. The Morgan fingerprint density at radius 3 is 2.92 bits per heavy atom. The number of ether oxygens (including phenoxy) is 1. The topological polar surface area (TPSA) is 46.6 Å². The van der Waals surface area contributed by atoms with E-state index < -0.39 is 10.0 Å². The third-order valence-corrected chi connectivity index (χ3v) is 7.07. The van der Waals surface area contributed by atoms with Gasteiger partial charge in [0.2, 0.25) is 10.0 Å². The van der Waals surface area contributed by atoms with E-state index in [0.717, 1.165) is 41.7 Å². The minimum Gasteiger partial charge on any atom is -0.493 e. The smallest absolute Gasteiger partial charge is 0.214 e. The van der Waals surface area contributed by atoms with Gasteiger partial charge in [-0.15, -0.1) is 0 Å². The number of halogens is 1. The molecule has 1 fully saturated rings. The molecular weight excluding hydrogens is 353 g/mol. The normalized spacial score (nSPS) is 20.1. The molecule has 1 saturated heterocycles. The molecule has 0 aromatic heterocycles. The highest BCUT2D eigenvalue weighted by molar-refractivity contribution is 7.89. The first-order valence-electron chi connectivity index (χ1n) is 9.02. The number of aryl methyl sites for hydroxylation is 1. The second-order valence-electron chi connectivity index (χ2n) is 6.93.